The molecule has 0 N–H and O–H groups in total. The van der Waals surface area contributed by atoms with Crippen molar-refractivity contribution in [2.24, 2.45) is 5.92 Å². The van der Waals surface area contributed by atoms with E-state index >= 15 is 0 Å². The first-order valence-corrected chi connectivity index (χ1v) is 22.1. The van der Waals surface area contributed by atoms with Crippen molar-refractivity contribution in [1.29, 1.82) is 0 Å². The molecular weight excluding hydrogens is 735 g/mol. The molecule has 7 aromatic rings. The molecule has 0 aliphatic heterocycles. The third-order valence-electron chi connectivity index (χ3n) is 14.1. The summed E-state index contributed by atoms with van der Waals surface area (Å²) in [4.78, 5) is 2.40. The van der Waals surface area contributed by atoms with E-state index in [9.17, 15) is 0 Å². The number of fused-ring (bicyclic) bond motifs is 10. The lowest BCUT2D eigenvalue weighted by molar-refractivity contribution is 0.459. The fraction of sp³-hybridized carbons (Fsp3) is 0.233. The van der Waals surface area contributed by atoms with E-state index in [2.05, 4.69) is 241 Å². The zero-order chi connectivity index (χ0) is 42.1. The van der Waals surface area contributed by atoms with E-state index < -0.39 is 5.41 Å². The number of hydrogen-bond donors (Lipinski definition) is 0. The van der Waals surface area contributed by atoms with E-state index in [1.807, 2.05) is 6.07 Å². The van der Waals surface area contributed by atoms with E-state index in [4.69, 9.17) is 0 Å². The summed E-state index contributed by atoms with van der Waals surface area (Å²) in [5.74, 6) is 0.277. The molecule has 1 nitrogen and oxygen atoms in total. The van der Waals surface area contributed by atoms with Gasteiger partial charge < -0.3 is 4.90 Å². The van der Waals surface area contributed by atoms with Gasteiger partial charge in [-0.1, -0.05) is 206 Å². The van der Waals surface area contributed by atoms with Crippen LogP contribution in [0.2, 0.25) is 0 Å². The molecule has 3 aliphatic carbocycles. The van der Waals surface area contributed by atoms with Crippen LogP contribution in [0.4, 0.5) is 11.4 Å². The SMILES string of the molecule is CC(C)(C)c1ccc2c(c1)C1(c3cc(C(C)(C)C)ccc3-2)c2cc([C@](C)(Cc3ccccc3)c3ccccc3)ccc2C2C=CC(N(c3cc#ccc3)c3ccccc3)=CC21. The molecule has 2 unspecified atom stereocenters. The molecule has 0 saturated carbocycles. The first-order chi connectivity index (χ1) is 29.4. The number of rotatable bonds is 7. The Kier molecular flexibility index (Phi) is 9.16. The van der Waals surface area contributed by atoms with Crippen molar-refractivity contribution in [3.05, 3.63) is 250 Å². The highest BCUT2D eigenvalue weighted by Crippen LogP contribution is 2.67. The van der Waals surface area contributed by atoms with Gasteiger partial charge in [0.1, 0.15) is 0 Å². The molecule has 0 heterocycles. The zero-order valence-corrected chi connectivity index (χ0v) is 36.6. The number of para-hydroxylation sites is 1. The summed E-state index contributed by atoms with van der Waals surface area (Å²) in [6.45, 7) is 16.6. The van der Waals surface area contributed by atoms with Gasteiger partial charge >= 0.3 is 0 Å². The highest BCUT2D eigenvalue weighted by Gasteiger charge is 2.58. The number of anilines is 2. The summed E-state index contributed by atoms with van der Waals surface area (Å²) in [5.41, 5.74) is 17.8. The lowest BCUT2D eigenvalue weighted by Crippen LogP contribution is -2.35. The van der Waals surface area contributed by atoms with E-state index in [0.29, 0.717) is 0 Å². The van der Waals surface area contributed by atoms with Gasteiger partial charge in [0.15, 0.2) is 0 Å². The molecule has 3 atom stereocenters. The van der Waals surface area contributed by atoms with Crippen LogP contribution < -0.4 is 4.90 Å². The third kappa shape index (κ3) is 6.30. The minimum atomic E-state index is -0.456. The van der Waals surface area contributed by atoms with Crippen LogP contribution in [0.15, 0.2) is 188 Å². The molecule has 1 spiro atoms. The van der Waals surface area contributed by atoms with Gasteiger partial charge in [-0.3, -0.25) is 0 Å². The number of nitrogens with zero attached hydrogens (tertiary/aromatic N) is 1. The van der Waals surface area contributed by atoms with E-state index in [-0.39, 0.29) is 28.1 Å². The lowest BCUT2D eigenvalue weighted by atomic mass is 9.63. The van der Waals surface area contributed by atoms with Crippen molar-refractivity contribution in [1.82, 2.24) is 0 Å². The maximum absolute atomic E-state index is 3.26. The monoisotopic (exact) mass is 789 g/mol. The highest BCUT2D eigenvalue weighted by atomic mass is 15.1. The van der Waals surface area contributed by atoms with Crippen LogP contribution in [0.3, 0.4) is 0 Å². The summed E-state index contributed by atoms with van der Waals surface area (Å²) in [6.07, 6.45) is 8.41. The first kappa shape index (κ1) is 38.8. The van der Waals surface area contributed by atoms with Crippen LogP contribution >= 0.6 is 0 Å². The second kappa shape index (κ2) is 14.4. The van der Waals surface area contributed by atoms with Crippen molar-refractivity contribution >= 4 is 11.4 Å². The number of allylic oxidation sites excluding steroid dienone is 3. The Balaban J connectivity index is 1.29. The van der Waals surface area contributed by atoms with Gasteiger partial charge in [0.2, 0.25) is 0 Å². The average Bonchev–Trinajstić information content (AvgIpc) is 3.73. The Labute approximate surface area is 364 Å². The smallest absolute Gasteiger partial charge is 0.0551 e. The maximum atomic E-state index is 3.26. The molecule has 10 rings (SSSR count). The molecule has 0 bridgehead atoms. The molecule has 61 heavy (non-hydrogen) atoms. The van der Waals surface area contributed by atoms with Gasteiger partial charge in [-0.2, -0.15) is 0 Å². The third-order valence-corrected chi connectivity index (χ3v) is 14.1. The Morgan fingerprint density at radius 2 is 1.11 bits per heavy atom. The standard InChI is InChI=1S/C60H55N/c1-57(2,3)43-28-32-49-50-33-29-44(58(4,5)6)37-54(50)60(53(49)36-43)55-38-45(59(7,42-22-14-9-15-23-42)40-41-20-12-8-13-21-41)30-34-51(55)52-35-31-48(39-56(52)60)61(46-24-16-10-17-25-46)47-26-18-11-19-27-47/h8-10,12-18,20-39,52,56H,40H2,1-7H3/t52?,56?,59-/m1/s1. The van der Waals surface area contributed by atoms with E-state index in [1.54, 1.807) is 0 Å². The topological polar surface area (TPSA) is 3.24 Å². The molecule has 300 valence electrons. The van der Waals surface area contributed by atoms with Crippen molar-refractivity contribution in [3.8, 4) is 11.1 Å². The summed E-state index contributed by atoms with van der Waals surface area (Å²) in [6, 6.07) is 68.1. The summed E-state index contributed by atoms with van der Waals surface area (Å²) < 4.78 is 0. The molecular formula is C60H55N. The summed E-state index contributed by atoms with van der Waals surface area (Å²) >= 11 is 0. The van der Waals surface area contributed by atoms with Gasteiger partial charge in [0.25, 0.3) is 0 Å². The summed E-state index contributed by atoms with van der Waals surface area (Å²) in [5, 5.41) is 0. The largest absolute Gasteiger partial charge is 0.310 e. The molecule has 1 heteroatoms. The minimum Gasteiger partial charge on any atom is -0.310 e. The van der Waals surface area contributed by atoms with Gasteiger partial charge in [-0.15, -0.1) is 0 Å². The molecule has 3 aliphatic rings. The average molecular weight is 790 g/mol. The predicted molar refractivity (Wildman–Crippen MR) is 255 cm³/mol. The zero-order valence-electron chi connectivity index (χ0n) is 36.6. The molecule has 0 fully saturated rings. The lowest BCUT2D eigenvalue weighted by Gasteiger charge is -2.40. The Bertz CT molecular complexity index is 2690. The molecule has 0 aromatic heterocycles. The van der Waals surface area contributed by atoms with Crippen molar-refractivity contribution in [3.63, 3.8) is 0 Å². The molecule has 7 aromatic carbocycles. The Morgan fingerprint density at radius 1 is 0.541 bits per heavy atom. The van der Waals surface area contributed by atoms with Gasteiger partial charge in [0.05, 0.1) is 11.1 Å². The second-order valence-corrected chi connectivity index (χ2v) is 19.9. The maximum Gasteiger partial charge on any atom is 0.0551 e. The van der Waals surface area contributed by atoms with Crippen LogP contribution in [0, 0.1) is 18.1 Å². The van der Waals surface area contributed by atoms with Crippen molar-refractivity contribution in [2.45, 2.75) is 82.5 Å². The molecule has 0 amide bonds. The number of benzene rings is 6. The van der Waals surface area contributed by atoms with Crippen LogP contribution in [0.5, 0.6) is 0 Å². The Hall–Kier alpha value is -6.36. The highest BCUT2D eigenvalue weighted by molar-refractivity contribution is 5.87. The van der Waals surface area contributed by atoms with Gasteiger partial charge in [-0.25, -0.2) is 0 Å². The summed E-state index contributed by atoms with van der Waals surface area (Å²) in [7, 11) is 0. The Morgan fingerprint density at radius 3 is 1.70 bits per heavy atom. The van der Waals surface area contributed by atoms with Crippen molar-refractivity contribution < 1.29 is 0 Å². The van der Waals surface area contributed by atoms with E-state index in [0.717, 1.165) is 17.8 Å². The predicted octanol–water partition coefficient (Wildman–Crippen LogP) is 14.8. The van der Waals surface area contributed by atoms with Gasteiger partial charge in [0, 0.05) is 34.7 Å². The van der Waals surface area contributed by atoms with E-state index in [1.165, 1.54) is 66.9 Å². The molecule has 0 radical (unpaired) electrons. The number of hydrogen-bond acceptors (Lipinski definition) is 1. The van der Waals surface area contributed by atoms with Crippen LogP contribution in [0.1, 0.15) is 104 Å². The van der Waals surface area contributed by atoms with Crippen LogP contribution in [0.25, 0.3) is 11.1 Å². The quantitative estimate of drug-likeness (QED) is 0.155. The minimum absolute atomic E-state index is 0.0236. The van der Waals surface area contributed by atoms with Crippen molar-refractivity contribution in [2.75, 3.05) is 4.90 Å². The molecule has 0 saturated heterocycles. The normalized spacial score (nSPS) is 18.0. The van der Waals surface area contributed by atoms with Crippen LogP contribution in [-0.4, -0.2) is 0 Å². The second-order valence-electron chi connectivity index (χ2n) is 19.9. The van der Waals surface area contributed by atoms with Crippen LogP contribution in [-0.2, 0) is 28.1 Å². The van der Waals surface area contributed by atoms with Gasteiger partial charge in [-0.05, 0) is 109 Å². The fourth-order valence-electron chi connectivity index (χ4n) is 10.8. The first-order valence-electron chi connectivity index (χ1n) is 22.1. The fourth-order valence-corrected chi connectivity index (χ4v) is 10.8.